The predicted octanol–water partition coefficient (Wildman–Crippen LogP) is 0.715. The van der Waals surface area contributed by atoms with Crippen LogP contribution in [0.25, 0.3) is 0 Å². The molecule has 1 unspecified atom stereocenters. The molecule has 0 fully saturated rings. The normalized spacial score (nSPS) is 15.6. The number of carbonyl (C=O) groups is 1. The van der Waals surface area contributed by atoms with Crippen LogP contribution in [0.3, 0.4) is 0 Å². The van der Waals surface area contributed by atoms with E-state index in [-0.39, 0.29) is 30.3 Å². The maximum atomic E-state index is 13.4. The SMILES string of the molecule is O=C(O)C(O)c1cc(F)c2c(c1)OCCO2. The predicted molar refractivity (Wildman–Crippen MR) is 50.0 cm³/mol. The van der Waals surface area contributed by atoms with E-state index in [2.05, 4.69) is 0 Å². The van der Waals surface area contributed by atoms with Gasteiger partial charge in [-0.25, -0.2) is 9.18 Å². The lowest BCUT2D eigenvalue weighted by molar-refractivity contribution is -0.146. The minimum atomic E-state index is -1.77. The highest BCUT2D eigenvalue weighted by molar-refractivity contribution is 5.74. The van der Waals surface area contributed by atoms with Gasteiger partial charge in [-0.1, -0.05) is 0 Å². The molecule has 5 nitrogen and oxygen atoms in total. The summed E-state index contributed by atoms with van der Waals surface area (Å²) in [5, 5.41) is 17.8. The van der Waals surface area contributed by atoms with E-state index < -0.39 is 17.9 Å². The molecule has 0 aliphatic carbocycles. The van der Waals surface area contributed by atoms with Gasteiger partial charge >= 0.3 is 5.97 Å². The van der Waals surface area contributed by atoms with Gasteiger partial charge in [-0.3, -0.25) is 0 Å². The standard InChI is InChI=1S/C10H9FO5/c11-6-3-5(8(12)10(13)14)4-7-9(6)16-2-1-15-7/h3-4,8,12H,1-2H2,(H,13,14). The van der Waals surface area contributed by atoms with Gasteiger partial charge in [-0.05, 0) is 17.7 Å². The Kier molecular flexibility index (Phi) is 2.66. The number of carboxylic acid groups (broad SMARTS) is 1. The quantitative estimate of drug-likeness (QED) is 0.779. The zero-order chi connectivity index (χ0) is 11.7. The number of aliphatic hydroxyl groups is 1. The number of halogens is 1. The van der Waals surface area contributed by atoms with Gasteiger partial charge in [0, 0.05) is 0 Å². The molecule has 2 N–H and O–H groups in total. The Morgan fingerprint density at radius 1 is 1.38 bits per heavy atom. The van der Waals surface area contributed by atoms with Crippen molar-refractivity contribution in [3.05, 3.63) is 23.5 Å². The van der Waals surface area contributed by atoms with E-state index in [4.69, 9.17) is 14.6 Å². The first-order valence-corrected chi connectivity index (χ1v) is 4.59. The molecule has 1 aromatic carbocycles. The van der Waals surface area contributed by atoms with E-state index in [1.54, 1.807) is 0 Å². The second-order valence-electron chi connectivity index (χ2n) is 3.27. The van der Waals surface area contributed by atoms with E-state index in [0.717, 1.165) is 6.07 Å². The van der Waals surface area contributed by atoms with Crippen LogP contribution >= 0.6 is 0 Å². The maximum absolute atomic E-state index is 13.4. The third-order valence-corrected chi connectivity index (χ3v) is 2.17. The van der Waals surface area contributed by atoms with Crippen LogP contribution in [0.1, 0.15) is 11.7 Å². The molecular formula is C10H9FO5. The molecule has 1 aliphatic rings. The molecular weight excluding hydrogens is 219 g/mol. The number of hydrogen-bond acceptors (Lipinski definition) is 4. The third-order valence-electron chi connectivity index (χ3n) is 2.17. The summed E-state index contributed by atoms with van der Waals surface area (Å²) in [6.45, 7) is 0.504. The Morgan fingerprint density at radius 2 is 2.06 bits per heavy atom. The first-order chi connectivity index (χ1) is 7.59. The summed E-state index contributed by atoms with van der Waals surface area (Å²) >= 11 is 0. The number of carboxylic acids is 1. The van der Waals surface area contributed by atoms with Gasteiger partial charge in [-0.15, -0.1) is 0 Å². The second kappa shape index (κ2) is 3.97. The number of aliphatic carboxylic acids is 1. The smallest absolute Gasteiger partial charge is 0.337 e. The molecule has 0 radical (unpaired) electrons. The van der Waals surface area contributed by atoms with Gasteiger partial charge in [0.2, 0.25) is 0 Å². The van der Waals surface area contributed by atoms with Crippen molar-refractivity contribution in [2.45, 2.75) is 6.10 Å². The summed E-state index contributed by atoms with van der Waals surface area (Å²) in [5.41, 5.74) is -0.0748. The summed E-state index contributed by atoms with van der Waals surface area (Å²) in [4.78, 5) is 10.5. The molecule has 1 aromatic rings. The highest BCUT2D eigenvalue weighted by atomic mass is 19.1. The summed E-state index contributed by atoms with van der Waals surface area (Å²) in [6.07, 6.45) is -1.77. The number of aliphatic hydroxyl groups excluding tert-OH is 1. The van der Waals surface area contributed by atoms with Crippen LogP contribution in [-0.2, 0) is 4.79 Å². The fraction of sp³-hybridized carbons (Fsp3) is 0.300. The van der Waals surface area contributed by atoms with E-state index in [1.165, 1.54) is 6.07 Å². The molecule has 6 heteroatoms. The fourth-order valence-electron chi connectivity index (χ4n) is 1.43. The molecule has 0 bridgehead atoms. The average Bonchev–Trinajstić information content (AvgIpc) is 2.28. The van der Waals surface area contributed by atoms with Crippen molar-refractivity contribution in [3.8, 4) is 11.5 Å². The van der Waals surface area contributed by atoms with Crippen molar-refractivity contribution in [2.75, 3.05) is 13.2 Å². The second-order valence-corrected chi connectivity index (χ2v) is 3.27. The Balaban J connectivity index is 2.42. The van der Waals surface area contributed by atoms with Gasteiger partial charge in [0.1, 0.15) is 13.2 Å². The van der Waals surface area contributed by atoms with Gasteiger partial charge in [0.15, 0.2) is 23.4 Å². The Morgan fingerprint density at radius 3 is 2.75 bits per heavy atom. The van der Waals surface area contributed by atoms with Gasteiger partial charge in [-0.2, -0.15) is 0 Å². The molecule has 0 amide bonds. The van der Waals surface area contributed by atoms with E-state index >= 15 is 0 Å². The number of ether oxygens (including phenoxy) is 2. The summed E-state index contributed by atoms with van der Waals surface area (Å²) in [6, 6.07) is 2.18. The van der Waals surface area contributed by atoms with Crippen LogP contribution in [0.5, 0.6) is 11.5 Å². The number of hydrogen-bond donors (Lipinski definition) is 2. The molecule has 0 saturated heterocycles. The first-order valence-electron chi connectivity index (χ1n) is 4.59. The minimum Gasteiger partial charge on any atom is -0.486 e. The maximum Gasteiger partial charge on any atom is 0.337 e. The van der Waals surface area contributed by atoms with Gasteiger partial charge in [0.25, 0.3) is 0 Å². The van der Waals surface area contributed by atoms with Crippen LogP contribution in [0.15, 0.2) is 12.1 Å². The van der Waals surface area contributed by atoms with Crippen LogP contribution in [0, 0.1) is 5.82 Å². The Hall–Kier alpha value is -1.82. The van der Waals surface area contributed by atoms with Crippen molar-refractivity contribution in [3.63, 3.8) is 0 Å². The largest absolute Gasteiger partial charge is 0.486 e. The van der Waals surface area contributed by atoms with E-state index in [0.29, 0.717) is 0 Å². The zero-order valence-electron chi connectivity index (χ0n) is 8.14. The van der Waals surface area contributed by atoms with Crippen molar-refractivity contribution >= 4 is 5.97 Å². The van der Waals surface area contributed by atoms with Crippen LogP contribution in [-0.4, -0.2) is 29.4 Å². The molecule has 86 valence electrons. The molecule has 2 rings (SSSR count). The van der Waals surface area contributed by atoms with Crippen LogP contribution < -0.4 is 9.47 Å². The number of fused-ring (bicyclic) bond motifs is 1. The summed E-state index contributed by atoms with van der Waals surface area (Å²) in [5.74, 6) is -2.13. The average molecular weight is 228 g/mol. The molecule has 1 atom stereocenters. The van der Waals surface area contributed by atoms with E-state index in [9.17, 15) is 14.3 Å². The number of benzene rings is 1. The van der Waals surface area contributed by atoms with Crippen molar-refractivity contribution in [1.82, 2.24) is 0 Å². The fourth-order valence-corrected chi connectivity index (χ4v) is 1.43. The van der Waals surface area contributed by atoms with E-state index in [1.807, 2.05) is 0 Å². The zero-order valence-corrected chi connectivity index (χ0v) is 8.14. The summed E-state index contributed by atoms with van der Waals surface area (Å²) < 4.78 is 23.6. The molecule has 0 spiro atoms. The first kappa shape index (κ1) is 10.7. The molecule has 16 heavy (non-hydrogen) atoms. The van der Waals surface area contributed by atoms with Crippen molar-refractivity contribution in [1.29, 1.82) is 0 Å². The Bertz CT molecular complexity index is 431. The van der Waals surface area contributed by atoms with Crippen LogP contribution in [0.2, 0.25) is 0 Å². The molecule has 1 heterocycles. The highest BCUT2D eigenvalue weighted by Gasteiger charge is 2.23. The molecule has 1 aliphatic heterocycles. The monoisotopic (exact) mass is 228 g/mol. The van der Waals surface area contributed by atoms with Gasteiger partial charge in [0.05, 0.1) is 0 Å². The van der Waals surface area contributed by atoms with Crippen molar-refractivity contribution < 1.29 is 28.9 Å². The number of rotatable bonds is 2. The topological polar surface area (TPSA) is 76.0 Å². The third kappa shape index (κ3) is 1.79. The lowest BCUT2D eigenvalue weighted by atomic mass is 10.1. The molecule has 0 aromatic heterocycles. The van der Waals surface area contributed by atoms with Gasteiger partial charge < -0.3 is 19.7 Å². The molecule has 0 saturated carbocycles. The summed E-state index contributed by atoms with van der Waals surface area (Å²) in [7, 11) is 0. The van der Waals surface area contributed by atoms with Crippen molar-refractivity contribution in [2.24, 2.45) is 0 Å². The Labute approximate surface area is 90.0 Å². The highest BCUT2D eigenvalue weighted by Crippen LogP contribution is 2.35. The minimum absolute atomic E-state index is 0.0485. The van der Waals surface area contributed by atoms with Crippen LogP contribution in [0.4, 0.5) is 4.39 Å². The lowest BCUT2D eigenvalue weighted by Gasteiger charge is -2.20. The lowest BCUT2D eigenvalue weighted by Crippen LogP contribution is -2.18.